The van der Waals surface area contributed by atoms with Gasteiger partial charge in [-0.25, -0.2) is 4.39 Å². The predicted molar refractivity (Wildman–Crippen MR) is 49.5 cm³/mol. The molecule has 0 saturated carbocycles. The molecule has 0 radical (unpaired) electrons. The van der Waals surface area contributed by atoms with Gasteiger partial charge in [-0.05, 0) is 31.0 Å². The highest BCUT2D eigenvalue weighted by atomic mass is 19.1. The van der Waals surface area contributed by atoms with Gasteiger partial charge < -0.3 is 4.74 Å². The summed E-state index contributed by atoms with van der Waals surface area (Å²) in [5, 5.41) is 8.93. The van der Waals surface area contributed by atoms with Crippen molar-refractivity contribution < 1.29 is 9.13 Å². The van der Waals surface area contributed by atoms with Crippen molar-refractivity contribution in [3.63, 3.8) is 0 Å². The monoisotopic (exact) mass is 191 g/mol. The molecule has 1 unspecified atom stereocenters. The summed E-state index contributed by atoms with van der Waals surface area (Å²) in [5.41, 5.74) is 0.685. The zero-order chi connectivity index (χ0) is 9.97. The number of hydrogen-bond donors (Lipinski definition) is 0. The average Bonchev–Trinajstić information content (AvgIpc) is 2.39. The Kier molecular flexibility index (Phi) is 2.36. The van der Waals surface area contributed by atoms with Crippen molar-refractivity contribution in [2.24, 2.45) is 0 Å². The minimum atomic E-state index is -0.311. The van der Waals surface area contributed by atoms with Crippen LogP contribution in [0.4, 0.5) is 4.39 Å². The van der Waals surface area contributed by atoms with E-state index in [1.807, 2.05) is 0 Å². The molecule has 1 atom stereocenters. The second-order valence-corrected chi connectivity index (χ2v) is 3.35. The van der Waals surface area contributed by atoms with Crippen LogP contribution in [-0.2, 0) is 0 Å². The summed E-state index contributed by atoms with van der Waals surface area (Å²) >= 11 is 0. The Hall–Kier alpha value is -1.56. The van der Waals surface area contributed by atoms with Crippen molar-refractivity contribution in [3.8, 4) is 11.8 Å². The van der Waals surface area contributed by atoms with Gasteiger partial charge >= 0.3 is 0 Å². The van der Waals surface area contributed by atoms with Gasteiger partial charge in [0, 0.05) is 5.56 Å². The van der Waals surface area contributed by atoms with Gasteiger partial charge in [0.15, 0.2) is 0 Å². The Morgan fingerprint density at radius 2 is 2.36 bits per heavy atom. The Morgan fingerprint density at radius 3 is 3.14 bits per heavy atom. The predicted octanol–water partition coefficient (Wildman–Crippen LogP) is 2.61. The molecule has 0 bridgehead atoms. The topological polar surface area (TPSA) is 33.0 Å². The molecule has 1 aliphatic rings. The molecule has 1 aromatic carbocycles. The lowest BCUT2D eigenvalue weighted by Crippen LogP contribution is -1.96. The van der Waals surface area contributed by atoms with E-state index in [-0.39, 0.29) is 11.7 Å². The first-order valence-electron chi connectivity index (χ1n) is 4.63. The zero-order valence-electron chi connectivity index (χ0n) is 7.66. The summed E-state index contributed by atoms with van der Waals surface area (Å²) in [4.78, 5) is 0. The van der Waals surface area contributed by atoms with Crippen molar-refractivity contribution in [3.05, 3.63) is 29.6 Å². The molecule has 14 heavy (non-hydrogen) atoms. The highest BCUT2D eigenvalue weighted by Gasteiger charge is 2.19. The third kappa shape index (κ3) is 1.56. The lowest BCUT2D eigenvalue weighted by molar-refractivity contribution is 0.316. The Bertz CT molecular complexity index is 383. The number of halogens is 1. The lowest BCUT2D eigenvalue weighted by Gasteiger charge is -2.08. The molecule has 0 fully saturated rings. The maximum atomic E-state index is 13.0. The number of rotatable bonds is 0. The maximum absolute atomic E-state index is 13.0. The van der Waals surface area contributed by atoms with E-state index in [0.29, 0.717) is 17.9 Å². The van der Waals surface area contributed by atoms with Gasteiger partial charge in [0.1, 0.15) is 11.6 Å². The van der Waals surface area contributed by atoms with Gasteiger partial charge in [0.2, 0.25) is 0 Å². The number of ether oxygens (including phenoxy) is 1. The summed E-state index contributed by atoms with van der Waals surface area (Å²) < 4.78 is 18.4. The summed E-state index contributed by atoms with van der Waals surface area (Å²) in [6, 6.07) is 6.54. The molecule has 0 N–H and O–H groups in total. The van der Waals surface area contributed by atoms with Gasteiger partial charge in [-0.1, -0.05) is 0 Å². The van der Waals surface area contributed by atoms with E-state index >= 15 is 0 Å². The molecule has 72 valence electrons. The van der Waals surface area contributed by atoms with Crippen molar-refractivity contribution in [1.29, 1.82) is 5.26 Å². The first kappa shape index (κ1) is 9.01. The van der Waals surface area contributed by atoms with Crippen LogP contribution in [0.15, 0.2) is 18.2 Å². The largest absolute Gasteiger partial charge is 0.493 e. The first-order valence-corrected chi connectivity index (χ1v) is 4.63. The fourth-order valence-corrected chi connectivity index (χ4v) is 1.68. The van der Waals surface area contributed by atoms with Crippen LogP contribution in [0, 0.1) is 17.1 Å². The molecule has 0 spiro atoms. The zero-order valence-corrected chi connectivity index (χ0v) is 7.66. The van der Waals surface area contributed by atoms with E-state index in [0.717, 1.165) is 12.8 Å². The standard InChI is InChI=1S/C11H10FNO/c12-9-3-4-11-10(6-9)8(7-13)2-1-5-14-11/h3-4,6,8H,1-2,5H2. The molecule has 1 aliphatic heterocycles. The Balaban J connectivity index is 2.47. The van der Waals surface area contributed by atoms with E-state index < -0.39 is 0 Å². The molecule has 0 aromatic heterocycles. The van der Waals surface area contributed by atoms with Gasteiger partial charge in [0.05, 0.1) is 18.6 Å². The van der Waals surface area contributed by atoms with Crippen LogP contribution in [-0.4, -0.2) is 6.61 Å². The second-order valence-electron chi connectivity index (χ2n) is 3.35. The molecule has 0 aliphatic carbocycles. The molecule has 0 saturated heterocycles. The number of fused-ring (bicyclic) bond motifs is 1. The number of nitrogens with zero attached hydrogens (tertiary/aromatic N) is 1. The lowest BCUT2D eigenvalue weighted by atomic mass is 9.96. The van der Waals surface area contributed by atoms with Crippen LogP contribution in [0.1, 0.15) is 24.3 Å². The van der Waals surface area contributed by atoms with Crippen LogP contribution in [0.2, 0.25) is 0 Å². The Morgan fingerprint density at radius 1 is 1.50 bits per heavy atom. The number of hydrogen-bond acceptors (Lipinski definition) is 2. The number of nitriles is 1. The summed E-state index contributed by atoms with van der Waals surface area (Å²) in [6.45, 7) is 0.608. The van der Waals surface area contributed by atoms with Gasteiger partial charge in [-0.2, -0.15) is 5.26 Å². The van der Waals surface area contributed by atoms with Crippen LogP contribution in [0.5, 0.6) is 5.75 Å². The SMILES string of the molecule is N#CC1CCCOc2ccc(F)cc21. The summed E-state index contributed by atoms with van der Waals surface area (Å²) in [5.74, 6) is 0.105. The van der Waals surface area contributed by atoms with E-state index in [1.165, 1.54) is 12.1 Å². The van der Waals surface area contributed by atoms with E-state index in [2.05, 4.69) is 6.07 Å². The maximum Gasteiger partial charge on any atom is 0.124 e. The highest BCUT2D eigenvalue weighted by molar-refractivity contribution is 5.40. The quantitative estimate of drug-likeness (QED) is 0.631. The molecule has 3 heteroatoms. The van der Waals surface area contributed by atoms with E-state index in [9.17, 15) is 4.39 Å². The Labute approximate surface area is 81.9 Å². The molecular weight excluding hydrogens is 181 g/mol. The van der Waals surface area contributed by atoms with Gasteiger partial charge in [-0.15, -0.1) is 0 Å². The highest BCUT2D eigenvalue weighted by Crippen LogP contribution is 2.32. The minimum Gasteiger partial charge on any atom is -0.493 e. The smallest absolute Gasteiger partial charge is 0.124 e. The van der Waals surface area contributed by atoms with E-state index in [1.54, 1.807) is 6.07 Å². The van der Waals surface area contributed by atoms with Gasteiger partial charge in [-0.3, -0.25) is 0 Å². The normalized spacial score (nSPS) is 20.1. The molecule has 2 nitrogen and oxygen atoms in total. The van der Waals surface area contributed by atoms with Crippen molar-refractivity contribution >= 4 is 0 Å². The third-order valence-electron chi connectivity index (χ3n) is 2.40. The second kappa shape index (κ2) is 3.67. The van der Waals surface area contributed by atoms with Gasteiger partial charge in [0.25, 0.3) is 0 Å². The molecule has 2 rings (SSSR count). The van der Waals surface area contributed by atoms with Crippen LogP contribution >= 0.6 is 0 Å². The van der Waals surface area contributed by atoms with Crippen molar-refractivity contribution in [1.82, 2.24) is 0 Å². The van der Waals surface area contributed by atoms with Crippen LogP contribution in [0.25, 0.3) is 0 Å². The van der Waals surface area contributed by atoms with E-state index in [4.69, 9.17) is 10.00 Å². The number of benzene rings is 1. The molecule has 1 heterocycles. The average molecular weight is 191 g/mol. The minimum absolute atomic E-state index is 0.233. The molecular formula is C11H10FNO. The summed E-state index contributed by atoms with van der Waals surface area (Å²) in [6.07, 6.45) is 1.58. The molecule has 0 amide bonds. The summed E-state index contributed by atoms with van der Waals surface area (Å²) in [7, 11) is 0. The van der Waals surface area contributed by atoms with Crippen molar-refractivity contribution in [2.45, 2.75) is 18.8 Å². The van der Waals surface area contributed by atoms with Crippen LogP contribution in [0.3, 0.4) is 0 Å². The van der Waals surface area contributed by atoms with Crippen molar-refractivity contribution in [2.75, 3.05) is 6.61 Å². The molecule has 1 aromatic rings. The third-order valence-corrected chi connectivity index (χ3v) is 2.40. The van der Waals surface area contributed by atoms with Crippen LogP contribution < -0.4 is 4.74 Å². The first-order chi connectivity index (χ1) is 6.81. The fourth-order valence-electron chi connectivity index (χ4n) is 1.68. The fraction of sp³-hybridized carbons (Fsp3) is 0.364.